The summed E-state index contributed by atoms with van der Waals surface area (Å²) in [4.78, 5) is 14.1. The van der Waals surface area contributed by atoms with E-state index in [2.05, 4.69) is 0 Å². The van der Waals surface area contributed by atoms with Gasteiger partial charge in [-0.1, -0.05) is 25.3 Å². The summed E-state index contributed by atoms with van der Waals surface area (Å²) in [6.45, 7) is 1.49. The maximum absolute atomic E-state index is 13.4. The molecule has 18 heavy (non-hydrogen) atoms. The van der Waals surface area contributed by atoms with Crippen LogP contribution in [0.2, 0.25) is 0 Å². The predicted octanol–water partition coefficient (Wildman–Crippen LogP) is 2.81. The number of amides is 1. The van der Waals surface area contributed by atoms with Gasteiger partial charge in [0, 0.05) is 13.1 Å². The molecule has 0 aliphatic carbocycles. The summed E-state index contributed by atoms with van der Waals surface area (Å²) < 4.78 is 13.4. The van der Waals surface area contributed by atoms with E-state index in [-0.39, 0.29) is 17.2 Å². The number of carbonyl (C=O) groups is 1. The number of anilines is 1. The van der Waals surface area contributed by atoms with Crippen LogP contribution in [-0.4, -0.2) is 23.9 Å². The summed E-state index contributed by atoms with van der Waals surface area (Å²) >= 11 is 0. The van der Waals surface area contributed by atoms with E-state index >= 15 is 0 Å². The van der Waals surface area contributed by atoms with Gasteiger partial charge in [0.1, 0.15) is 5.82 Å². The molecule has 2 rings (SSSR count). The Morgan fingerprint density at radius 3 is 2.39 bits per heavy atom. The van der Waals surface area contributed by atoms with Gasteiger partial charge < -0.3 is 10.6 Å². The Kier molecular flexibility index (Phi) is 4.18. The summed E-state index contributed by atoms with van der Waals surface area (Å²) in [7, 11) is 0. The van der Waals surface area contributed by atoms with E-state index in [1.165, 1.54) is 18.6 Å². The first kappa shape index (κ1) is 12.9. The number of nitrogens with zero attached hydrogens (tertiary/aromatic N) is 1. The van der Waals surface area contributed by atoms with Crippen LogP contribution in [0.25, 0.3) is 0 Å². The second-order valence-electron chi connectivity index (χ2n) is 4.76. The van der Waals surface area contributed by atoms with Crippen molar-refractivity contribution in [2.45, 2.75) is 32.1 Å². The molecule has 0 atom stereocenters. The van der Waals surface area contributed by atoms with Crippen LogP contribution in [0.15, 0.2) is 18.2 Å². The molecule has 0 unspecified atom stereocenters. The van der Waals surface area contributed by atoms with Crippen LogP contribution in [0.1, 0.15) is 42.5 Å². The zero-order valence-corrected chi connectivity index (χ0v) is 10.5. The van der Waals surface area contributed by atoms with Crippen molar-refractivity contribution in [1.82, 2.24) is 4.90 Å². The van der Waals surface area contributed by atoms with Gasteiger partial charge in [0.05, 0.1) is 11.3 Å². The van der Waals surface area contributed by atoms with Crippen LogP contribution in [0.4, 0.5) is 10.1 Å². The highest BCUT2D eigenvalue weighted by molar-refractivity contribution is 5.99. The first-order valence-electron chi connectivity index (χ1n) is 6.53. The molecule has 1 aliphatic heterocycles. The summed E-state index contributed by atoms with van der Waals surface area (Å²) in [5.41, 5.74) is 5.89. The van der Waals surface area contributed by atoms with Crippen LogP contribution >= 0.6 is 0 Å². The van der Waals surface area contributed by atoms with Crippen molar-refractivity contribution in [1.29, 1.82) is 0 Å². The SMILES string of the molecule is Nc1c(F)cccc1C(=O)N1CCCCCCC1. The molecule has 1 aromatic rings. The molecule has 1 saturated heterocycles. The topological polar surface area (TPSA) is 46.3 Å². The molecule has 0 saturated carbocycles. The minimum Gasteiger partial charge on any atom is -0.396 e. The Balaban J connectivity index is 2.16. The Bertz CT molecular complexity index is 426. The summed E-state index contributed by atoms with van der Waals surface area (Å²) in [6.07, 6.45) is 5.58. The molecule has 1 amide bonds. The number of likely N-dealkylation sites (tertiary alicyclic amines) is 1. The number of hydrogen-bond acceptors (Lipinski definition) is 2. The fourth-order valence-corrected chi connectivity index (χ4v) is 2.34. The number of rotatable bonds is 1. The molecule has 0 radical (unpaired) electrons. The van der Waals surface area contributed by atoms with Gasteiger partial charge in [0.15, 0.2) is 0 Å². The zero-order chi connectivity index (χ0) is 13.0. The summed E-state index contributed by atoms with van der Waals surface area (Å²) in [5, 5.41) is 0. The zero-order valence-electron chi connectivity index (χ0n) is 10.5. The van der Waals surface area contributed by atoms with Crippen LogP contribution in [0.5, 0.6) is 0 Å². The summed E-state index contributed by atoms with van der Waals surface area (Å²) in [5.74, 6) is -0.665. The first-order valence-corrected chi connectivity index (χ1v) is 6.53. The molecule has 1 heterocycles. The van der Waals surface area contributed by atoms with E-state index in [0.717, 1.165) is 38.8 Å². The molecule has 1 aliphatic rings. The Hall–Kier alpha value is -1.58. The third-order valence-corrected chi connectivity index (χ3v) is 3.43. The highest BCUT2D eigenvalue weighted by atomic mass is 19.1. The first-order chi connectivity index (χ1) is 8.70. The van der Waals surface area contributed by atoms with E-state index in [1.807, 2.05) is 0 Å². The smallest absolute Gasteiger partial charge is 0.256 e. The molecule has 1 fully saturated rings. The lowest BCUT2D eigenvalue weighted by atomic mass is 10.1. The van der Waals surface area contributed by atoms with Crippen molar-refractivity contribution in [3.05, 3.63) is 29.6 Å². The van der Waals surface area contributed by atoms with Crippen molar-refractivity contribution >= 4 is 11.6 Å². The van der Waals surface area contributed by atoms with Gasteiger partial charge in [-0.2, -0.15) is 0 Å². The Morgan fingerprint density at radius 2 is 1.72 bits per heavy atom. The van der Waals surface area contributed by atoms with Crippen molar-refractivity contribution < 1.29 is 9.18 Å². The van der Waals surface area contributed by atoms with Gasteiger partial charge >= 0.3 is 0 Å². The van der Waals surface area contributed by atoms with Crippen molar-refractivity contribution in [2.24, 2.45) is 0 Å². The standard InChI is InChI=1S/C14H19FN2O/c15-12-8-6-7-11(13(12)16)14(18)17-9-4-2-1-3-5-10-17/h6-8H,1-5,9-10,16H2. The minimum atomic E-state index is -0.520. The van der Waals surface area contributed by atoms with Crippen molar-refractivity contribution in [2.75, 3.05) is 18.8 Å². The van der Waals surface area contributed by atoms with Gasteiger partial charge in [0.2, 0.25) is 0 Å². The fourth-order valence-electron chi connectivity index (χ4n) is 2.34. The number of benzene rings is 1. The lowest BCUT2D eigenvalue weighted by molar-refractivity contribution is 0.0743. The van der Waals surface area contributed by atoms with Gasteiger partial charge in [-0.15, -0.1) is 0 Å². The molecule has 1 aromatic carbocycles. The van der Waals surface area contributed by atoms with Crippen LogP contribution in [0.3, 0.4) is 0 Å². The predicted molar refractivity (Wildman–Crippen MR) is 69.8 cm³/mol. The highest BCUT2D eigenvalue weighted by Crippen LogP contribution is 2.19. The normalized spacial score (nSPS) is 17.1. The largest absolute Gasteiger partial charge is 0.396 e. The van der Waals surface area contributed by atoms with Gasteiger partial charge in [-0.3, -0.25) is 4.79 Å². The van der Waals surface area contributed by atoms with Crippen LogP contribution in [-0.2, 0) is 0 Å². The molecule has 0 spiro atoms. The van der Waals surface area contributed by atoms with E-state index in [1.54, 1.807) is 11.0 Å². The second kappa shape index (κ2) is 5.85. The monoisotopic (exact) mass is 250 g/mol. The van der Waals surface area contributed by atoms with E-state index in [9.17, 15) is 9.18 Å². The second-order valence-corrected chi connectivity index (χ2v) is 4.76. The molecule has 0 bridgehead atoms. The molecular weight excluding hydrogens is 231 g/mol. The maximum atomic E-state index is 13.4. The molecule has 2 N–H and O–H groups in total. The number of halogens is 1. The van der Waals surface area contributed by atoms with E-state index in [0.29, 0.717) is 0 Å². The number of hydrogen-bond donors (Lipinski definition) is 1. The Morgan fingerprint density at radius 1 is 1.11 bits per heavy atom. The van der Waals surface area contributed by atoms with E-state index < -0.39 is 5.82 Å². The van der Waals surface area contributed by atoms with Gasteiger partial charge in [0.25, 0.3) is 5.91 Å². The third kappa shape index (κ3) is 2.81. The highest BCUT2D eigenvalue weighted by Gasteiger charge is 2.19. The average molecular weight is 250 g/mol. The minimum absolute atomic E-state index is 0.0374. The summed E-state index contributed by atoms with van der Waals surface area (Å²) in [6, 6.07) is 4.40. The number of carbonyl (C=O) groups excluding carboxylic acids is 1. The van der Waals surface area contributed by atoms with Crippen LogP contribution in [0, 0.1) is 5.82 Å². The third-order valence-electron chi connectivity index (χ3n) is 3.43. The quantitative estimate of drug-likeness (QED) is 0.779. The fraction of sp³-hybridized carbons (Fsp3) is 0.500. The molecule has 4 heteroatoms. The van der Waals surface area contributed by atoms with Gasteiger partial charge in [-0.25, -0.2) is 4.39 Å². The van der Waals surface area contributed by atoms with E-state index in [4.69, 9.17) is 5.73 Å². The molecule has 0 aromatic heterocycles. The van der Waals surface area contributed by atoms with Crippen molar-refractivity contribution in [3.63, 3.8) is 0 Å². The molecular formula is C14H19FN2O. The van der Waals surface area contributed by atoms with Crippen LogP contribution < -0.4 is 5.73 Å². The number of para-hydroxylation sites is 1. The lowest BCUT2D eigenvalue weighted by Gasteiger charge is -2.25. The number of nitrogen functional groups attached to an aromatic ring is 1. The lowest BCUT2D eigenvalue weighted by Crippen LogP contribution is -2.34. The number of nitrogens with two attached hydrogens (primary N) is 1. The average Bonchev–Trinajstić information content (AvgIpc) is 2.31. The van der Waals surface area contributed by atoms with Crippen molar-refractivity contribution in [3.8, 4) is 0 Å². The Labute approximate surface area is 107 Å². The molecule has 3 nitrogen and oxygen atoms in total. The molecule has 98 valence electrons. The van der Waals surface area contributed by atoms with Gasteiger partial charge in [-0.05, 0) is 25.0 Å². The maximum Gasteiger partial charge on any atom is 0.256 e.